The smallest absolute Gasteiger partial charge is 0.160 e. The average molecular weight is 771 g/mol. The fraction of sp³-hybridized carbons (Fsp3) is 0.550. The molecule has 3 aromatic rings. The van der Waals surface area contributed by atoms with Crippen LogP contribution in [0, 0.1) is 0 Å². The number of ether oxygens (including phenoxy) is 6. The molecule has 0 bridgehead atoms. The second-order valence-electron chi connectivity index (χ2n) is 13.6. The molecule has 284 valence electrons. The van der Waals surface area contributed by atoms with Gasteiger partial charge in [-0.3, -0.25) is 0 Å². The highest BCUT2D eigenvalue weighted by Gasteiger charge is 2.27. The van der Waals surface area contributed by atoms with Crippen molar-refractivity contribution in [2.24, 2.45) is 0 Å². The van der Waals surface area contributed by atoms with Crippen molar-refractivity contribution in [3.05, 3.63) is 54.6 Å². The van der Waals surface area contributed by atoms with Crippen molar-refractivity contribution in [1.29, 1.82) is 0 Å². The maximum absolute atomic E-state index is 6.61. The number of hydrogen-bond acceptors (Lipinski definition) is 7. The highest BCUT2D eigenvalue weighted by molar-refractivity contribution is 6.55. The molecule has 0 amide bonds. The number of methoxy groups -OCH3 is 6. The summed E-state index contributed by atoms with van der Waals surface area (Å²) < 4.78 is 40.3. The molecule has 0 fully saturated rings. The van der Waals surface area contributed by atoms with E-state index in [1.165, 1.54) is 111 Å². The van der Waals surface area contributed by atoms with E-state index in [1.54, 1.807) is 42.7 Å². The topological polar surface area (TPSA) is 64.6 Å². The van der Waals surface area contributed by atoms with Crippen molar-refractivity contribution < 1.29 is 32.8 Å². The van der Waals surface area contributed by atoms with Crippen LogP contribution in [0.25, 0.3) is 0 Å². The largest absolute Gasteiger partial charge is 0.493 e. The van der Waals surface area contributed by atoms with Gasteiger partial charge in [0.1, 0.15) is 10.5 Å². The zero-order valence-electron chi connectivity index (χ0n) is 32.8. The summed E-state index contributed by atoms with van der Waals surface area (Å²) in [4.78, 5) is 0. The maximum atomic E-state index is 6.61. The molecule has 7 nitrogen and oxygen atoms in total. The zero-order chi connectivity index (χ0) is 36.7. The summed E-state index contributed by atoms with van der Waals surface area (Å²) in [6.07, 6.45) is 15.0. The van der Waals surface area contributed by atoms with Gasteiger partial charge in [-0.2, -0.15) is 0 Å². The molecule has 0 aliphatic carbocycles. The molecule has 3 rings (SSSR count). The standard InChI is InChI=1S/C40H66O7Si4/c1-41-31-19-16-22-34(37(31)44-4)49-28-13-7-10-25-40(47-48,26-11-8-14-29-50-35-23-17-20-32(42-2)38(35)45-5)27-12-9-15-30-51-36-24-18-21-33(43-3)39(36)46-6/h16-24H,7-15,25-30,49-51H2,1-6,48H3. The van der Waals surface area contributed by atoms with E-state index in [4.69, 9.17) is 32.8 Å². The number of unbranched alkanes of at least 4 members (excludes halogenated alkanes) is 6. The first-order chi connectivity index (χ1) is 25.0. The molecule has 0 N–H and O–H groups in total. The predicted octanol–water partition coefficient (Wildman–Crippen LogP) is 4.49. The minimum absolute atomic E-state index is 0.0422. The van der Waals surface area contributed by atoms with E-state index in [-0.39, 0.29) is 5.60 Å². The van der Waals surface area contributed by atoms with Gasteiger partial charge in [-0.1, -0.05) is 112 Å². The molecule has 0 spiro atoms. The van der Waals surface area contributed by atoms with Gasteiger partial charge in [0.25, 0.3) is 0 Å². The molecule has 11 heteroatoms. The monoisotopic (exact) mass is 770 g/mol. The number of hydrogen-bond donors (Lipinski definition) is 0. The third kappa shape index (κ3) is 13.7. The van der Waals surface area contributed by atoms with Gasteiger partial charge >= 0.3 is 0 Å². The lowest BCUT2D eigenvalue weighted by Crippen LogP contribution is -2.32. The third-order valence-electron chi connectivity index (χ3n) is 10.4. The van der Waals surface area contributed by atoms with Crippen LogP contribution in [0.15, 0.2) is 54.6 Å². The molecule has 51 heavy (non-hydrogen) atoms. The summed E-state index contributed by atoms with van der Waals surface area (Å²) in [7, 11) is 10.0. The number of para-hydroxylation sites is 3. The Balaban J connectivity index is 1.49. The molecule has 0 heterocycles. The van der Waals surface area contributed by atoms with Crippen LogP contribution < -0.4 is 44.0 Å². The fourth-order valence-corrected chi connectivity index (χ4v) is 13.6. The molecule has 0 unspecified atom stereocenters. The van der Waals surface area contributed by atoms with Crippen LogP contribution in [0.5, 0.6) is 34.5 Å². The molecule has 0 saturated heterocycles. The Hall–Kier alpha value is -2.71. The first kappa shape index (κ1) is 42.7. The van der Waals surface area contributed by atoms with E-state index < -0.39 is 28.6 Å². The minimum atomic E-state index is -0.401. The van der Waals surface area contributed by atoms with Crippen LogP contribution in [0.2, 0.25) is 18.1 Å². The summed E-state index contributed by atoms with van der Waals surface area (Å²) in [5.41, 5.74) is 0.0422. The van der Waals surface area contributed by atoms with Gasteiger partial charge in [0.15, 0.2) is 34.5 Å². The summed E-state index contributed by atoms with van der Waals surface area (Å²) in [6, 6.07) is 22.8. The minimum Gasteiger partial charge on any atom is -0.493 e. The Labute approximate surface area is 318 Å². The van der Waals surface area contributed by atoms with Crippen molar-refractivity contribution in [1.82, 2.24) is 0 Å². The lowest BCUT2D eigenvalue weighted by Gasteiger charge is -2.34. The Kier molecular flexibility index (Phi) is 20.5. The van der Waals surface area contributed by atoms with Crippen molar-refractivity contribution in [3.63, 3.8) is 0 Å². The molecule has 0 aliphatic heterocycles. The Morgan fingerprint density at radius 1 is 0.431 bits per heavy atom. The second-order valence-corrected chi connectivity index (χ2v) is 19.9. The van der Waals surface area contributed by atoms with Gasteiger partial charge in [-0.15, -0.1) is 0 Å². The van der Waals surface area contributed by atoms with E-state index >= 15 is 0 Å². The molecule has 0 aliphatic rings. The Morgan fingerprint density at radius 2 is 0.745 bits per heavy atom. The Bertz CT molecular complexity index is 1240. The van der Waals surface area contributed by atoms with Crippen LogP contribution in [-0.2, 0) is 4.43 Å². The molecular formula is C40H66O7Si4. The van der Waals surface area contributed by atoms with Gasteiger partial charge in [0, 0.05) is 0 Å². The van der Waals surface area contributed by atoms with Gasteiger partial charge in [-0.05, 0) is 53.0 Å². The quantitative estimate of drug-likeness (QED) is 0.0798. The third-order valence-corrected chi connectivity index (χ3v) is 17.1. The highest BCUT2D eigenvalue weighted by Crippen LogP contribution is 2.32. The second kappa shape index (κ2) is 24.5. The van der Waals surface area contributed by atoms with Crippen molar-refractivity contribution in [3.8, 4) is 34.5 Å². The van der Waals surface area contributed by atoms with Crippen molar-refractivity contribution in [2.45, 2.75) is 101 Å². The predicted molar refractivity (Wildman–Crippen MR) is 227 cm³/mol. The van der Waals surface area contributed by atoms with E-state index in [9.17, 15) is 0 Å². The van der Waals surface area contributed by atoms with Crippen molar-refractivity contribution >= 4 is 54.6 Å². The summed E-state index contributed by atoms with van der Waals surface area (Å²) in [5.74, 6) is 5.35. The Morgan fingerprint density at radius 3 is 1.00 bits per heavy atom. The van der Waals surface area contributed by atoms with Gasteiger partial charge in [-0.25, -0.2) is 0 Å². The van der Waals surface area contributed by atoms with Crippen LogP contribution in [0.4, 0.5) is 0 Å². The molecule has 3 aromatic carbocycles. The normalized spacial score (nSPS) is 13.1. The van der Waals surface area contributed by atoms with Crippen LogP contribution in [0.1, 0.15) is 77.0 Å². The molecule has 0 radical (unpaired) electrons. The SMILES string of the molecule is COc1cccc([SiH2]CCCCCC(CCCCC[SiH2]c2cccc(OC)c2OC)(CCCCC[SiH2]c2cccc(OC)c2OC)O[SiH3])c1OC. The van der Waals surface area contributed by atoms with Gasteiger partial charge < -0.3 is 32.8 Å². The van der Waals surface area contributed by atoms with E-state index in [0.717, 1.165) is 45.0 Å². The summed E-state index contributed by atoms with van der Waals surface area (Å²) >= 11 is 0. The zero-order valence-corrected chi connectivity index (χ0v) is 39.0. The first-order valence-electron chi connectivity index (χ1n) is 19.1. The first-order valence-corrected chi connectivity index (χ1v) is 25.1. The van der Waals surface area contributed by atoms with E-state index in [0.29, 0.717) is 0 Å². The molecule has 0 atom stereocenters. The molecule has 0 aromatic heterocycles. The maximum Gasteiger partial charge on any atom is 0.160 e. The number of rotatable bonds is 28. The lowest BCUT2D eigenvalue weighted by molar-refractivity contribution is 0.0427. The van der Waals surface area contributed by atoms with E-state index in [2.05, 4.69) is 36.4 Å². The fourth-order valence-electron chi connectivity index (χ4n) is 7.48. The van der Waals surface area contributed by atoms with Crippen LogP contribution >= 0.6 is 0 Å². The summed E-state index contributed by atoms with van der Waals surface area (Å²) in [5, 5.41) is 4.11. The van der Waals surface area contributed by atoms with Crippen LogP contribution in [-0.4, -0.2) is 87.3 Å². The summed E-state index contributed by atoms with van der Waals surface area (Å²) in [6.45, 7) is 0. The number of benzene rings is 3. The highest BCUT2D eigenvalue weighted by atomic mass is 28.2. The van der Waals surface area contributed by atoms with Gasteiger partial charge in [0.2, 0.25) is 0 Å². The average Bonchev–Trinajstić information content (AvgIpc) is 3.17. The van der Waals surface area contributed by atoms with E-state index in [1.807, 2.05) is 18.2 Å². The molecule has 0 saturated carbocycles. The lowest BCUT2D eigenvalue weighted by atomic mass is 9.85. The van der Waals surface area contributed by atoms with Gasteiger partial charge in [0.05, 0.1) is 76.8 Å². The van der Waals surface area contributed by atoms with Crippen LogP contribution in [0.3, 0.4) is 0 Å². The van der Waals surface area contributed by atoms with Crippen molar-refractivity contribution in [2.75, 3.05) is 42.7 Å². The molecular weight excluding hydrogens is 705 g/mol.